The molecule has 0 radical (unpaired) electrons. The number of hydrogen-bond acceptors (Lipinski definition) is 3. The number of amides is 2. The van der Waals surface area contributed by atoms with E-state index in [4.69, 9.17) is 0 Å². The lowest BCUT2D eigenvalue weighted by Crippen LogP contribution is -2.34. The topological polar surface area (TPSA) is 53.4 Å². The molecule has 0 fully saturated rings. The van der Waals surface area contributed by atoms with Crippen LogP contribution in [0.4, 0.5) is 4.79 Å². The van der Waals surface area contributed by atoms with E-state index in [1.54, 1.807) is 14.1 Å². The van der Waals surface area contributed by atoms with Crippen molar-refractivity contribution in [2.45, 2.75) is 46.4 Å². The lowest BCUT2D eigenvalue weighted by Gasteiger charge is -2.21. The van der Waals surface area contributed by atoms with Gasteiger partial charge in [0.2, 0.25) is 0 Å². The summed E-state index contributed by atoms with van der Waals surface area (Å²) in [5, 5.41) is 7.55. The van der Waals surface area contributed by atoms with E-state index in [1.807, 2.05) is 0 Å². The van der Waals surface area contributed by atoms with Crippen molar-refractivity contribution < 1.29 is 4.79 Å². The molecule has 140 valence electrons. The van der Waals surface area contributed by atoms with Crippen LogP contribution in [0.25, 0.3) is 0 Å². The zero-order valence-electron chi connectivity index (χ0n) is 16.2. The highest BCUT2D eigenvalue weighted by Gasteiger charge is 2.18. The van der Waals surface area contributed by atoms with Crippen molar-refractivity contribution in [3.05, 3.63) is 52.3 Å². The standard InChI is InChI=1S/C20H29N5O/c1-15-6-7-17(16(2)10-15)13-24-8-5-9-25-19(14-24)11-18(22-25)12-21-20(26)23(3)4/h6-7,10-11H,5,8-9,12-14H2,1-4H3,(H,21,26). The van der Waals surface area contributed by atoms with Gasteiger partial charge in [-0.15, -0.1) is 0 Å². The Morgan fingerprint density at radius 2 is 2.04 bits per heavy atom. The van der Waals surface area contributed by atoms with E-state index in [0.717, 1.165) is 38.3 Å². The first-order chi connectivity index (χ1) is 12.4. The van der Waals surface area contributed by atoms with Gasteiger partial charge in [-0.2, -0.15) is 5.10 Å². The van der Waals surface area contributed by atoms with Crippen LogP contribution < -0.4 is 5.32 Å². The van der Waals surface area contributed by atoms with Gasteiger partial charge in [-0.3, -0.25) is 9.58 Å². The molecule has 2 aromatic rings. The van der Waals surface area contributed by atoms with Gasteiger partial charge >= 0.3 is 6.03 Å². The third-order valence-corrected chi connectivity index (χ3v) is 4.86. The Bertz CT molecular complexity index is 781. The molecule has 26 heavy (non-hydrogen) atoms. The molecule has 0 bridgehead atoms. The molecule has 0 spiro atoms. The minimum atomic E-state index is -0.0929. The fraction of sp³-hybridized carbons (Fsp3) is 0.500. The fourth-order valence-corrected chi connectivity index (χ4v) is 3.40. The number of aromatic nitrogens is 2. The van der Waals surface area contributed by atoms with Crippen LogP contribution in [0.1, 0.15) is 34.5 Å². The molecular formula is C20H29N5O. The Kier molecular flexibility index (Phi) is 5.61. The van der Waals surface area contributed by atoms with Gasteiger partial charge in [-0.1, -0.05) is 23.8 Å². The number of carbonyl (C=O) groups is 1. The zero-order chi connectivity index (χ0) is 18.7. The number of nitrogens with zero attached hydrogens (tertiary/aromatic N) is 4. The van der Waals surface area contributed by atoms with Gasteiger partial charge in [-0.05, 0) is 37.5 Å². The van der Waals surface area contributed by atoms with E-state index >= 15 is 0 Å². The van der Waals surface area contributed by atoms with Gasteiger partial charge in [-0.25, -0.2) is 4.79 Å². The number of rotatable bonds is 4. The van der Waals surface area contributed by atoms with E-state index < -0.39 is 0 Å². The predicted molar refractivity (Wildman–Crippen MR) is 103 cm³/mol. The number of urea groups is 1. The molecule has 1 aliphatic rings. The van der Waals surface area contributed by atoms with E-state index in [1.165, 1.54) is 27.3 Å². The van der Waals surface area contributed by atoms with Gasteiger partial charge in [0.15, 0.2) is 0 Å². The third kappa shape index (κ3) is 4.43. The first-order valence-corrected chi connectivity index (χ1v) is 9.21. The van der Waals surface area contributed by atoms with E-state index in [2.05, 4.69) is 58.1 Å². The molecule has 6 heteroatoms. The second-order valence-electron chi connectivity index (χ2n) is 7.40. The van der Waals surface area contributed by atoms with Crippen LogP contribution in [0.15, 0.2) is 24.3 Å². The van der Waals surface area contributed by atoms with Crippen molar-refractivity contribution >= 4 is 6.03 Å². The molecular weight excluding hydrogens is 326 g/mol. The highest BCUT2D eigenvalue weighted by Crippen LogP contribution is 2.18. The minimum Gasteiger partial charge on any atom is -0.332 e. The number of carbonyl (C=O) groups excluding carboxylic acids is 1. The highest BCUT2D eigenvalue weighted by atomic mass is 16.2. The van der Waals surface area contributed by atoms with Crippen LogP contribution >= 0.6 is 0 Å². The number of nitrogens with one attached hydrogen (secondary N) is 1. The second kappa shape index (κ2) is 7.91. The molecule has 0 aliphatic carbocycles. The summed E-state index contributed by atoms with van der Waals surface area (Å²) < 4.78 is 2.10. The molecule has 1 N–H and O–H groups in total. The maximum atomic E-state index is 11.7. The largest absolute Gasteiger partial charge is 0.332 e. The Balaban J connectivity index is 1.66. The lowest BCUT2D eigenvalue weighted by molar-refractivity contribution is 0.217. The third-order valence-electron chi connectivity index (χ3n) is 4.86. The monoisotopic (exact) mass is 355 g/mol. The van der Waals surface area contributed by atoms with Crippen molar-refractivity contribution in [3.8, 4) is 0 Å². The first-order valence-electron chi connectivity index (χ1n) is 9.21. The van der Waals surface area contributed by atoms with Crippen LogP contribution in [0.2, 0.25) is 0 Å². The number of fused-ring (bicyclic) bond motifs is 1. The fourth-order valence-electron chi connectivity index (χ4n) is 3.40. The quantitative estimate of drug-likeness (QED) is 0.917. The summed E-state index contributed by atoms with van der Waals surface area (Å²) in [7, 11) is 3.48. The minimum absolute atomic E-state index is 0.0929. The molecule has 0 atom stereocenters. The van der Waals surface area contributed by atoms with Crippen LogP contribution in [-0.4, -0.2) is 46.3 Å². The van der Waals surface area contributed by atoms with Gasteiger partial charge in [0.05, 0.1) is 17.9 Å². The summed E-state index contributed by atoms with van der Waals surface area (Å²) in [5.74, 6) is 0. The number of hydrogen-bond donors (Lipinski definition) is 1. The summed E-state index contributed by atoms with van der Waals surface area (Å²) in [6.07, 6.45) is 1.09. The predicted octanol–water partition coefficient (Wildman–Crippen LogP) is 2.68. The molecule has 0 unspecified atom stereocenters. The van der Waals surface area contributed by atoms with Crippen LogP contribution in [0, 0.1) is 13.8 Å². The molecule has 2 amide bonds. The molecule has 6 nitrogen and oxygen atoms in total. The van der Waals surface area contributed by atoms with Gasteiger partial charge in [0.1, 0.15) is 0 Å². The van der Waals surface area contributed by atoms with Gasteiger partial charge < -0.3 is 10.2 Å². The molecule has 3 rings (SSSR count). The van der Waals surface area contributed by atoms with E-state index in [9.17, 15) is 4.79 Å². The maximum Gasteiger partial charge on any atom is 0.317 e. The van der Waals surface area contributed by atoms with Crippen LogP contribution in [-0.2, 0) is 26.2 Å². The van der Waals surface area contributed by atoms with Crippen LogP contribution in [0.3, 0.4) is 0 Å². The number of benzene rings is 1. The molecule has 0 saturated carbocycles. The lowest BCUT2D eigenvalue weighted by atomic mass is 10.1. The summed E-state index contributed by atoms with van der Waals surface area (Å²) in [6, 6.07) is 8.72. The highest BCUT2D eigenvalue weighted by molar-refractivity contribution is 5.73. The summed E-state index contributed by atoms with van der Waals surface area (Å²) >= 11 is 0. The maximum absolute atomic E-state index is 11.7. The normalized spacial score (nSPS) is 14.6. The van der Waals surface area contributed by atoms with Crippen molar-refractivity contribution in [2.75, 3.05) is 20.6 Å². The molecule has 2 heterocycles. The first kappa shape index (κ1) is 18.5. The SMILES string of the molecule is Cc1ccc(CN2CCCn3nc(CNC(=O)N(C)C)cc3C2)c(C)c1. The second-order valence-corrected chi connectivity index (χ2v) is 7.40. The molecule has 1 aromatic carbocycles. The Morgan fingerprint density at radius 3 is 2.77 bits per heavy atom. The van der Waals surface area contributed by atoms with E-state index in [0.29, 0.717) is 6.54 Å². The van der Waals surface area contributed by atoms with Crippen molar-refractivity contribution in [1.29, 1.82) is 0 Å². The van der Waals surface area contributed by atoms with E-state index in [-0.39, 0.29) is 6.03 Å². The van der Waals surface area contributed by atoms with Crippen molar-refractivity contribution in [1.82, 2.24) is 24.9 Å². The summed E-state index contributed by atoms with van der Waals surface area (Å²) in [4.78, 5) is 15.7. The van der Waals surface area contributed by atoms with Gasteiger partial charge in [0.25, 0.3) is 0 Å². The summed E-state index contributed by atoms with van der Waals surface area (Å²) in [6.45, 7) is 8.65. The number of aryl methyl sites for hydroxylation is 3. The average molecular weight is 355 g/mol. The molecule has 0 saturated heterocycles. The Labute approximate surface area is 155 Å². The van der Waals surface area contributed by atoms with Crippen molar-refractivity contribution in [3.63, 3.8) is 0 Å². The van der Waals surface area contributed by atoms with Gasteiger partial charge in [0, 0.05) is 40.3 Å². The van der Waals surface area contributed by atoms with Crippen LogP contribution in [0.5, 0.6) is 0 Å². The summed E-state index contributed by atoms with van der Waals surface area (Å²) in [5.41, 5.74) is 6.20. The Hall–Kier alpha value is -2.34. The zero-order valence-corrected chi connectivity index (χ0v) is 16.2. The molecule has 1 aliphatic heterocycles. The van der Waals surface area contributed by atoms with Crippen molar-refractivity contribution in [2.24, 2.45) is 0 Å². The Morgan fingerprint density at radius 1 is 1.23 bits per heavy atom. The smallest absolute Gasteiger partial charge is 0.317 e. The molecule has 1 aromatic heterocycles. The average Bonchev–Trinajstić information content (AvgIpc) is 2.87.